The molecule has 0 fully saturated rings. The van der Waals surface area contributed by atoms with Gasteiger partial charge in [0, 0.05) is 30.4 Å². The highest BCUT2D eigenvalue weighted by atomic mass is 15.1. The molecule has 31 heavy (non-hydrogen) atoms. The van der Waals surface area contributed by atoms with Crippen LogP contribution in [0.15, 0.2) is 61.2 Å². The highest BCUT2D eigenvalue weighted by molar-refractivity contribution is 5.97. The van der Waals surface area contributed by atoms with Crippen LogP contribution in [0.4, 0.5) is 0 Å². The Bertz CT molecular complexity index is 1560. The maximum atomic E-state index is 4.91. The number of aromatic amines is 2. The zero-order chi connectivity index (χ0) is 20.9. The Morgan fingerprint density at radius 1 is 0.968 bits per heavy atom. The first-order valence-electron chi connectivity index (χ1n) is 9.91. The second-order valence-electron chi connectivity index (χ2n) is 7.46. The van der Waals surface area contributed by atoms with Crippen molar-refractivity contribution in [3.8, 4) is 34.0 Å². The van der Waals surface area contributed by atoms with Crippen molar-refractivity contribution >= 4 is 21.9 Å². The number of H-pyrrole nitrogens is 2. The fourth-order valence-electron chi connectivity index (χ4n) is 3.89. The Hall–Kier alpha value is -4.33. The van der Waals surface area contributed by atoms with Crippen molar-refractivity contribution in [1.82, 2.24) is 39.7 Å². The second-order valence-corrected chi connectivity index (χ2v) is 7.46. The summed E-state index contributed by atoms with van der Waals surface area (Å²) in [5.41, 5.74) is 7.39. The van der Waals surface area contributed by atoms with Crippen LogP contribution in [0.2, 0.25) is 0 Å². The summed E-state index contributed by atoms with van der Waals surface area (Å²) >= 11 is 0. The van der Waals surface area contributed by atoms with Crippen LogP contribution in [0.25, 0.3) is 56.0 Å². The van der Waals surface area contributed by atoms with Gasteiger partial charge < -0.3 is 9.55 Å². The molecule has 0 amide bonds. The van der Waals surface area contributed by atoms with Crippen molar-refractivity contribution in [2.75, 3.05) is 0 Å². The topological polar surface area (TPSA) is 101 Å². The maximum absolute atomic E-state index is 4.91. The number of para-hydroxylation sites is 1. The smallest absolute Gasteiger partial charge is 0.159 e. The molecule has 0 aliphatic carbocycles. The van der Waals surface area contributed by atoms with E-state index in [2.05, 4.69) is 36.2 Å². The minimum atomic E-state index is 0.709. The molecule has 0 saturated heterocycles. The number of nitrogens with one attached hydrogen (secondary N) is 2. The van der Waals surface area contributed by atoms with E-state index in [1.165, 1.54) is 0 Å². The van der Waals surface area contributed by atoms with Crippen LogP contribution in [-0.4, -0.2) is 39.7 Å². The fourth-order valence-corrected chi connectivity index (χ4v) is 3.89. The summed E-state index contributed by atoms with van der Waals surface area (Å²) in [5, 5.41) is 8.56. The van der Waals surface area contributed by atoms with Gasteiger partial charge in [0.25, 0.3) is 0 Å². The first kappa shape index (κ1) is 17.5. The van der Waals surface area contributed by atoms with Crippen LogP contribution in [0.5, 0.6) is 0 Å². The van der Waals surface area contributed by atoms with E-state index in [1.807, 2.05) is 55.1 Å². The third-order valence-electron chi connectivity index (χ3n) is 5.66. The first-order valence-corrected chi connectivity index (χ1v) is 9.91. The van der Waals surface area contributed by atoms with Crippen molar-refractivity contribution in [2.45, 2.75) is 6.92 Å². The third-order valence-corrected chi connectivity index (χ3v) is 5.66. The van der Waals surface area contributed by atoms with Gasteiger partial charge in [-0.3, -0.25) is 15.1 Å². The van der Waals surface area contributed by atoms with Crippen LogP contribution in [0.1, 0.15) is 5.82 Å². The molecule has 8 nitrogen and oxygen atoms in total. The van der Waals surface area contributed by atoms with Gasteiger partial charge in [-0.15, -0.1) is 0 Å². The minimum absolute atomic E-state index is 0.709. The molecule has 0 atom stereocenters. The summed E-state index contributed by atoms with van der Waals surface area (Å²) < 4.78 is 2.02. The van der Waals surface area contributed by atoms with Crippen molar-refractivity contribution in [2.24, 2.45) is 7.05 Å². The third kappa shape index (κ3) is 2.72. The molecule has 0 aliphatic rings. The normalized spacial score (nSPS) is 11.5. The first-order chi connectivity index (χ1) is 15.2. The van der Waals surface area contributed by atoms with Crippen molar-refractivity contribution < 1.29 is 0 Å². The lowest BCUT2D eigenvalue weighted by molar-refractivity contribution is 0.862. The highest BCUT2D eigenvalue weighted by Gasteiger charge is 2.17. The lowest BCUT2D eigenvalue weighted by atomic mass is 10.1. The zero-order valence-electron chi connectivity index (χ0n) is 17.0. The Morgan fingerprint density at radius 2 is 1.84 bits per heavy atom. The Balaban J connectivity index is 1.52. The molecule has 0 spiro atoms. The molecular weight excluding hydrogens is 388 g/mol. The quantitative estimate of drug-likeness (QED) is 0.457. The molecule has 5 heterocycles. The molecule has 0 radical (unpaired) electrons. The molecule has 0 bridgehead atoms. The van der Waals surface area contributed by atoms with E-state index >= 15 is 0 Å². The lowest BCUT2D eigenvalue weighted by Crippen LogP contribution is -1.95. The number of aryl methyl sites for hydroxylation is 1. The second kappa shape index (κ2) is 6.60. The van der Waals surface area contributed by atoms with E-state index in [0.717, 1.165) is 56.0 Å². The Morgan fingerprint density at radius 3 is 2.65 bits per heavy atom. The maximum Gasteiger partial charge on any atom is 0.159 e. The number of imidazole rings is 2. The number of rotatable bonds is 3. The molecule has 0 unspecified atom stereocenters. The molecular formula is C23H18N8. The van der Waals surface area contributed by atoms with E-state index in [0.29, 0.717) is 5.82 Å². The van der Waals surface area contributed by atoms with Gasteiger partial charge in [-0.1, -0.05) is 12.1 Å². The number of hydrogen-bond donors (Lipinski definition) is 2. The van der Waals surface area contributed by atoms with Gasteiger partial charge in [0.15, 0.2) is 5.82 Å². The molecule has 0 aliphatic heterocycles. The van der Waals surface area contributed by atoms with E-state index in [4.69, 9.17) is 4.98 Å². The minimum Gasteiger partial charge on any atom is -0.337 e. The van der Waals surface area contributed by atoms with Gasteiger partial charge in [0.05, 0.1) is 40.3 Å². The predicted octanol–water partition coefficient (Wildman–Crippen LogP) is 4.27. The fraction of sp³-hybridized carbons (Fsp3) is 0.0870. The largest absolute Gasteiger partial charge is 0.337 e. The molecule has 1 aromatic carbocycles. The van der Waals surface area contributed by atoms with Gasteiger partial charge in [0.2, 0.25) is 0 Å². The van der Waals surface area contributed by atoms with Gasteiger partial charge in [-0.25, -0.2) is 9.97 Å². The summed E-state index contributed by atoms with van der Waals surface area (Å²) in [6.45, 7) is 1.97. The van der Waals surface area contributed by atoms with Crippen LogP contribution in [0.3, 0.4) is 0 Å². The van der Waals surface area contributed by atoms with E-state index in [-0.39, 0.29) is 0 Å². The summed E-state index contributed by atoms with van der Waals surface area (Å²) in [7, 11) is 1.99. The van der Waals surface area contributed by atoms with Crippen LogP contribution in [-0.2, 0) is 7.05 Å². The summed E-state index contributed by atoms with van der Waals surface area (Å²) in [6, 6.07) is 12.1. The summed E-state index contributed by atoms with van der Waals surface area (Å²) in [6.07, 6.45) is 7.22. The number of nitrogens with zero attached hydrogens (tertiary/aromatic N) is 6. The molecule has 6 aromatic rings. The predicted molar refractivity (Wildman–Crippen MR) is 119 cm³/mol. The molecule has 0 saturated carbocycles. The van der Waals surface area contributed by atoms with Crippen LogP contribution < -0.4 is 0 Å². The molecule has 2 N–H and O–H groups in total. The van der Waals surface area contributed by atoms with Crippen molar-refractivity contribution in [3.05, 3.63) is 67.0 Å². The summed E-state index contributed by atoms with van der Waals surface area (Å²) in [5.74, 6) is 1.64. The number of aromatic nitrogens is 8. The van der Waals surface area contributed by atoms with E-state index in [1.54, 1.807) is 18.6 Å². The van der Waals surface area contributed by atoms with Gasteiger partial charge >= 0.3 is 0 Å². The van der Waals surface area contributed by atoms with E-state index in [9.17, 15) is 0 Å². The average Bonchev–Trinajstić information content (AvgIpc) is 3.50. The molecule has 6 rings (SSSR count). The Labute approximate surface area is 177 Å². The number of benzene rings is 1. The number of hydrogen-bond acceptors (Lipinski definition) is 5. The number of pyridine rings is 2. The highest BCUT2D eigenvalue weighted by Crippen LogP contribution is 2.32. The van der Waals surface area contributed by atoms with Gasteiger partial charge in [0.1, 0.15) is 11.5 Å². The standard InChI is InChI=1S/C23H18N8/c1-13-25-12-20(31(13)2)18-10-16-19(11-26-18)29-30-22(16)23-27-17-5-3-4-15(21(17)28-23)14-6-8-24-9-7-14/h3-12H,1-2H3,(H,27,28)(H,29,30). The van der Waals surface area contributed by atoms with Gasteiger partial charge in [-0.05, 0) is 36.8 Å². The SMILES string of the molecule is Cc1ncc(-c2cc3c(-c4nc5c(-c6ccncc6)cccc5[nH]4)n[nH]c3cn2)n1C. The van der Waals surface area contributed by atoms with Crippen LogP contribution >= 0.6 is 0 Å². The van der Waals surface area contributed by atoms with Crippen molar-refractivity contribution in [3.63, 3.8) is 0 Å². The van der Waals surface area contributed by atoms with Crippen molar-refractivity contribution in [1.29, 1.82) is 0 Å². The monoisotopic (exact) mass is 406 g/mol. The zero-order valence-corrected chi connectivity index (χ0v) is 17.0. The summed E-state index contributed by atoms with van der Waals surface area (Å²) in [4.78, 5) is 21.4. The molecule has 8 heteroatoms. The van der Waals surface area contributed by atoms with E-state index < -0.39 is 0 Å². The van der Waals surface area contributed by atoms with Crippen LogP contribution in [0, 0.1) is 6.92 Å². The molecule has 5 aromatic heterocycles. The van der Waals surface area contributed by atoms with Gasteiger partial charge in [-0.2, -0.15) is 5.10 Å². The lowest BCUT2D eigenvalue weighted by Gasteiger charge is -2.03. The Kier molecular flexibility index (Phi) is 3.73. The average molecular weight is 406 g/mol. The number of fused-ring (bicyclic) bond motifs is 2. The molecule has 150 valence electrons.